The van der Waals surface area contributed by atoms with E-state index in [2.05, 4.69) is 0 Å². The second kappa shape index (κ2) is 3.22. The average Bonchev–Trinajstić information content (AvgIpc) is 1.94. The Hall–Kier alpha value is -1.29. The molecule has 4 heteroatoms. The lowest BCUT2D eigenvalue weighted by atomic mass is 10.1. The van der Waals surface area contributed by atoms with Crippen molar-refractivity contribution in [3.63, 3.8) is 0 Å². The van der Waals surface area contributed by atoms with Gasteiger partial charge in [0, 0.05) is 18.0 Å². The van der Waals surface area contributed by atoms with Crippen molar-refractivity contribution in [3.05, 3.63) is 28.7 Å². The van der Waals surface area contributed by atoms with Crippen molar-refractivity contribution in [2.24, 2.45) is 0 Å². The molecular weight excluding hydrogens is 168 g/mol. The van der Waals surface area contributed by atoms with E-state index in [0.29, 0.717) is 5.69 Å². The second-order valence-corrected chi connectivity index (χ2v) is 3.74. The number of anilines is 1. The molecule has 0 unspecified atom stereocenters. The van der Waals surface area contributed by atoms with Gasteiger partial charge in [0.05, 0.1) is 12.1 Å². The summed E-state index contributed by atoms with van der Waals surface area (Å²) in [5.74, 6) is 0. The van der Waals surface area contributed by atoms with E-state index in [1.807, 2.05) is 0 Å². The highest BCUT2D eigenvalue weighted by Crippen LogP contribution is 2.05. The third-order valence-electron chi connectivity index (χ3n) is 1.56. The van der Waals surface area contributed by atoms with Gasteiger partial charge in [-0.05, 0) is 19.9 Å². The number of rotatable bonds is 2. The monoisotopic (exact) mass is 182 g/mol. The van der Waals surface area contributed by atoms with E-state index in [0.717, 1.165) is 0 Å². The van der Waals surface area contributed by atoms with Crippen molar-refractivity contribution in [1.82, 2.24) is 4.57 Å². The van der Waals surface area contributed by atoms with Crippen molar-refractivity contribution in [3.8, 4) is 0 Å². The van der Waals surface area contributed by atoms with Crippen LogP contribution in [-0.4, -0.2) is 15.3 Å². The zero-order valence-electron chi connectivity index (χ0n) is 7.82. The Labute approximate surface area is 76.6 Å². The number of nitrogens with zero attached hydrogens (tertiary/aromatic N) is 1. The highest BCUT2D eigenvalue weighted by molar-refractivity contribution is 5.33. The molecule has 0 fully saturated rings. The summed E-state index contributed by atoms with van der Waals surface area (Å²) < 4.78 is 1.40. The van der Waals surface area contributed by atoms with Gasteiger partial charge in [-0.3, -0.25) is 4.79 Å². The number of nitrogens with two attached hydrogens (primary N) is 1. The lowest BCUT2D eigenvalue weighted by molar-refractivity contribution is 0.0605. The van der Waals surface area contributed by atoms with E-state index in [1.165, 1.54) is 16.8 Å². The van der Waals surface area contributed by atoms with Gasteiger partial charge in [0.1, 0.15) is 0 Å². The molecule has 3 N–H and O–H groups in total. The molecule has 0 radical (unpaired) electrons. The Bertz CT molecular complexity index is 349. The van der Waals surface area contributed by atoms with Crippen molar-refractivity contribution in [2.45, 2.75) is 26.0 Å². The predicted octanol–water partition coefficient (Wildman–Crippen LogP) is 0.201. The minimum atomic E-state index is -0.905. The van der Waals surface area contributed by atoms with E-state index in [4.69, 9.17) is 5.73 Å². The molecule has 0 saturated carbocycles. The third-order valence-corrected chi connectivity index (χ3v) is 1.56. The average molecular weight is 182 g/mol. The summed E-state index contributed by atoms with van der Waals surface area (Å²) in [6.07, 6.45) is 1.53. The van der Waals surface area contributed by atoms with Gasteiger partial charge in [-0.1, -0.05) is 0 Å². The molecule has 1 aromatic rings. The lowest BCUT2D eigenvalue weighted by Crippen LogP contribution is -2.32. The fraction of sp³-hybridized carbons (Fsp3) is 0.444. The summed E-state index contributed by atoms with van der Waals surface area (Å²) in [4.78, 5) is 11.2. The molecule has 0 spiro atoms. The Morgan fingerprint density at radius 2 is 2.15 bits per heavy atom. The first-order chi connectivity index (χ1) is 5.88. The van der Waals surface area contributed by atoms with Crippen LogP contribution in [0.5, 0.6) is 0 Å². The van der Waals surface area contributed by atoms with Crippen molar-refractivity contribution in [1.29, 1.82) is 0 Å². The van der Waals surface area contributed by atoms with E-state index >= 15 is 0 Å². The lowest BCUT2D eigenvalue weighted by Gasteiger charge is -2.18. The molecule has 0 bridgehead atoms. The quantitative estimate of drug-likeness (QED) is 0.686. The maximum absolute atomic E-state index is 11.2. The van der Waals surface area contributed by atoms with Crippen LogP contribution in [0.15, 0.2) is 23.1 Å². The van der Waals surface area contributed by atoms with Crippen molar-refractivity contribution in [2.75, 3.05) is 5.73 Å². The first-order valence-corrected chi connectivity index (χ1v) is 4.07. The Morgan fingerprint density at radius 3 is 2.69 bits per heavy atom. The standard InChI is InChI=1S/C9H14N2O2/c1-9(2,13)6-11-5-7(10)3-4-8(11)12/h3-5,13H,6,10H2,1-2H3. The summed E-state index contributed by atoms with van der Waals surface area (Å²) in [5, 5.41) is 9.49. The molecule has 0 amide bonds. The SMILES string of the molecule is CC(C)(O)Cn1cc(N)ccc1=O. The molecule has 13 heavy (non-hydrogen) atoms. The minimum Gasteiger partial charge on any atom is -0.398 e. The molecule has 72 valence electrons. The maximum atomic E-state index is 11.2. The summed E-state index contributed by atoms with van der Waals surface area (Å²) in [6, 6.07) is 2.93. The van der Waals surface area contributed by atoms with Crippen molar-refractivity contribution < 1.29 is 5.11 Å². The van der Waals surface area contributed by atoms with E-state index in [1.54, 1.807) is 19.9 Å². The fourth-order valence-corrected chi connectivity index (χ4v) is 1.09. The number of aliphatic hydroxyl groups is 1. The number of nitrogen functional groups attached to an aromatic ring is 1. The van der Waals surface area contributed by atoms with Crippen LogP contribution in [-0.2, 0) is 6.54 Å². The van der Waals surface area contributed by atoms with Crippen LogP contribution >= 0.6 is 0 Å². The Balaban J connectivity index is 3.01. The van der Waals surface area contributed by atoms with Gasteiger partial charge in [-0.25, -0.2) is 0 Å². The number of aromatic nitrogens is 1. The van der Waals surface area contributed by atoms with Crippen LogP contribution in [0.25, 0.3) is 0 Å². The molecule has 4 nitrogen and oxygen atoms in total. The number of hydrogen-bond acceptors (Lipinski definition) is 3. The topological polar surface area (TPSA) is 68.2 Å². The minimum absolute atomic E-state index is 0.156. The van der Waals surface area contributed by atoms with Crippen LogP contribution in [0.2, 0.25) is 0 Å². The first-order valence-electron chi connectivity index (χ1n) is 4.07. The highest BCUT2D eigenvalue weighted by Gasteiger charge is 2.13. The molecule has 0 aliphatic rings. The summed E-state index contributed by atoms with van der Waals surface area (Å²) >= 11 is 0. The molecule has 1 rings (SSSR count). The van der Waals surface area contributed by atoms with Gasteiger partial charge in [0.2, 0.25) is 0 Å². The maximum Gasteiger partial charge on any atom is 0.250 e. The predicted molar refractivity (Wildman–Crippen MR) is 51.4 cm³/mol. The van der Waals surface area contributed by atoms with E-state index in [-0.39, 0.29) is 12.1 Å². The zero-order valence-corrected chi connectivity index (χ0v) is 7.82. The second-order valence-electron chi connectivity index (χ2n) is 3.74. The van der Waals surface area contributed by atoms with E-state index in [9.17, 15) is 9.90 Å². The van der Waals surface area contributed by atoms with Gasteiger partial charge in [-0.2, -0.15) is 0 Å². The van der Waals surface area contributed by atoms with Crippen LogP contribution in [0.1, 0.15) is 13.8 Å². The molecule has 0 aromatic carbocycles. The largest absolute Gasteiger partial charge is 0.398 e. The molecule has 0 aliphatic carbocycles. The third kappa shape index (κ3) is 2.91. The summed E-state index contributed by atoms with van der Waals surface area (Å²) in [5.41, 5.74) is 4.96. The Morgan fingerprint density at radius 1 is 1.54 bits per heavy atom. The van der Waals surface area contributed by atoms with Gasteiger partial charge >= 0.3 is 0 Å². The van der Waals surface area contributed by atoms with Gasteiger partial charge in [0.15, 0.2) is 0 Å². The molecule has 1 aromatic heterocycles. The molecule has 0 aliphatic heterocycles. The van der Waals surface area contributed by atoms with Crippen LogP contribution in [0.4, 0.5) is 5.69 Å². The van der Waals surface area contributed by atoms with Crippen LogP contribution < -0.4 is 11.3 Å². The smallest absolute Gasteiger partial charge is 0.250 e. The van der Waals surface area contributed by atoms with Gasteiger partial charge in [-0.15, -0.1) is 0 Å². The fourth-order valence-electron chi connectivity index (χ4n) is 1.09. The molecule has 0 saturated heterocycles. The molecular formula is C9H14N2O2. The van der Waals surface area contributed by atoms with E-state index < -0.39 is 5.60 Å². The molecule has 0 atom stereocenters. The normalized spacial score (nSPS) is 11.6. The number of hydrogen-bond donors (Lipinski definition) is 2. The zero-order chi connectivity index (χ0) is 10.1. The summed E-state index contributed by atoms with van der Waals surface area (Å²) in [7, 11) is 0. The van der Waals surface area contributed by atoms with Crippen LogP contribution in [0.3, 0.4) is 0 Å². The summed E-state index contributed by atoms with van der Waals surface area (Å²) in [6.45, 7) is 3.53. The first kappa shape index (κ1) is 9.80. The highest BCUT2D eigenvalue weighted by atomic mass is 16.3. The van der Waals surface area contributed by atoms with Crippen LogP contribution in [0, 0.1) is 0 Å². The van der Waals surface area contributed by atoms with Gasteiger partial charge < -0.3 is 15.4 Å². The van der Waals surface area contributed by atoms with Gasteiger partial charge in [0.25, 0.3) is 5.56 Å². The van der Waals surface area contributed by atoms with Crippen molar-refractivity contribution >= 4 is 5.69 Å². The number of pyridine rings is 1. The molecule has 1 heterocycles. The Kier molecular flexibility index (Phi) is 2.43.